The number of guanidine groups is 1. The van der Waals surface area contributed by atoms with Gasteiger partial charge in [-0.25, -0.2) is 9.88 Å². The Hall–Kier alpha value is -2.02. The Bertz CT molecular complexity index is 499. The Balaban J connectivity index is 2.14. The van der Waals surface area contributed by atoms with Crippen LogP contribution in [0.4, 0.5) is 0 Å². The zero-order chi connectivity index (χ0) is 12.4. The van der Waals surface area contributed by atoms with E-state index in [1.165, 1.54) is 4.90 Å². The zero-order valence-corrected chi connectivity index (χ0v) is 9.39. The molecule has 2 rings (SSSR count). The summed E-state index contributed by atoms with van der Waals surface area (Å²) in [7, 11) is 0. The molecule has 0 saturated heterocycles. The maximum absolute atomic E-state index is 10.7. The Morgan fingerprint density at radius 1 is 1.59 bits per heavy atom. The molecule has 7 nitrogen and oxygen atoms in total. The summed E-state index contributed by atoms with van der Waals surface area (Å²) >= 11 is 5.64. The minimum atomic E-state index is -0.592. The van der Waals surface area contributed by atoms with E-state index in [0.29, 0.717) is 5.15 Å². The molecule has 0 aromatic carbocycles. The number of nitrogens with zero attached hydrogens (tertiary/aromatic N) is 4. The smallest absolute Gasteiger partial charge is 0.390 e. The van der Waals surface area contributed by atoms with Crippen molar-refractivity contribution in [2.24, 2.45) is 4.99 Å². The Morgan fingerprint density at radius 2 is 2.35 bits per heavy atom. The van der Waals surface area contributed by atoms with Crippen LogP contribution in [0.25, 0.3) is 0 Å². The van der Waals surface area contributed by atoms with Crippen LogP contribution in [-0.4, -0.2) is 33.1 Å². The first-order valence-corrected chi connectivity index (χ1v) is 5.10. The monoisotopic (exact) mass is 253 g/mol. The number of aliphatic imine (C=N–C) groups is 1. The highest BCUT2D eigenvalue weighted by molar-refractivity contribution is 6.29. The molecule has 1 aliphatic rings. The fourth-order valence-electron chi connectivity index (χ4n) is 1.48. The minimum Gasteiger partial charge on any atom is -0.390 e. The number of aromatic nitrogens is 1. The van der Waals surface area contributed by atoms with Gasteiger partial charge in [0.2, 0.25) is 5.84 Å². The van der Waals surface area contributed by atoms with Gasteiger partial charge < -0.3 is 10.1 Å². The largest absolute Gasteiger partial charge is 0.432 e. The molecule has 1 aliphatic heterocycles. The minimum absolute atomic E-state index is 0.0152. The van der Waals surface area contributed by atoms with Gasteiger partial charge in [-0.3, -0.25) is 5.41 Å². The van der Waals surface area contributed by atoms with Crippen molar-refractivity contribution >= 4 is 23.4 Å². The highest BCUT2D eigenvalue weighted by Gasteiger charge is 2.32. The van der Waals surface area contributed by atoms with Crippen LogP contribution < -0.4 is 0 Å². The van der Waals surface area contributed by atoms with Gasteiger partial charge in [-0.15, -0.1) is 0 Å². The van der Waals surface area contributed by atoms with Gasteiger partial charge in [-0.1, -0.05) is 22.7 Å². The maximum atomic E-state index is 10.7. The third-order valence-electron chi connectivity index (χ3n) is 2.18. The van der Waals surface area contributed by atoms with Crippen molar-refractivity contribution in [2.45, 2.75) is 6.54 Å². The molecule has 0 atom stereocenters. The molecule has 88 valence electrons. The SMILES string of the molecule is N=C1CN(Cc2ccc(Cl)nc2)C([N+](=O)[O-])=N1. The van der Waals surface area contributed by atoms with Crippen LogP contribution in [-0.2, 0) is 6.54 Å². The molecular formula is C9H8ClN5O2. The van der Waals surface area contributed by atoms with Crippen LogP contribution in [0.2, 0.25) is 5.15 Å². The van der Waals surface area contributed by atoms with Crippen LogP contribution in [0.5, 0.6) is 0 Å². The predicted molar refractivity (Wildman–Crippen MR) is 61.8 cm³/mol. The summed E-state index contributed by atoms with van der Waals surface area (Å²) in [4.78, 5) is 19.0. The Morgan fingerprint density at radius 3 is 2.94 bits per heavy atom. The Labute approximate surface area is 101 Å². The summed E-state index contributed by atoms with van der Waals surface area (Å²) in [6, 6.07) is 3.34. The van der Waals surface area contributed by atoms with Crippen LogP contribution in [0, 0.1) is 15.5 Å². The first-order chi connectivity index (χ1) is 8.06. The third-order valence-corrected chi connectivity index (χ3v) is 2.41. The number of nitro groups is 1. The van der Waals surface area contributed by atoms with E-state index in [9.17, 15) is 10.1 Å². The van der Waals surface area contributed by atoms with Crippen molar-refractivity contribution in [3.05, 3.63) is 39.2 Å². The third kappa shape index (κ3) is 2.56. The molecule has 1 aromatic heterocycles. The van der Waals surface area contributed by atoms with Crippen molar-refractivity contribution < 1.29 is 4.92 Å². The Kier molecular flexibility index (Phi) is 3.01. The zero-order valence-electron chi connectivity index (χ0n) is 8.63. The van der Waals surface area contributed by atoms with E-state index in [4.69, 9.17) is 17.0 Å². The quantitative estimate of drug-likeness (QED) is 0.486. The van der Waals surface area contributed by atoms with Crippen molar-refractivity contribution in [1.29, 1.82) is 5.41 Å². The van der Waals surface area contributed by atoms with E-state index in [1.807, 2.05) is 0 Å². The number of hydrogen-bond acceptors (Lipinski definition) is 5. The van der Waals surface area contributed by atoms with E-state index in [-0.39, 0.29) is 24.9 Å². The normalized spacial score (nSPS) is 15.0. The van der Waals surface area contributed by atoms with E-state index in [0.717, 1.165) is 5.56 Å². The molecule has 0 saturated carbocycles. The molecule has 0 radical (unpaired) electrons. The van der Waals surface area contributed by atoms with Crippen LogP contribution in [0.3, 0.4) is 0 Å². The van der Waals surface area contributed by atoms with Gasteiger partial charge in [0.1, 0.15) is 11.7 Å². The molecule has 0 spiro atoms. The summed E-state index contributed by atoms with van der Waals surface area (Å²) in [5.74, 6) is -0.316. The summed E-state index contributed by atoms with van der Waals surface area (Å²) < 4.78 is 0. The van der Waals surface area contributed by atoms with Crippen molar-refractivity contribution in [3.63, 3.8) is 0 Å². The van der Waals surface area contributed by atoms with E-state index in [2.05, 4.69) is 9.98 Å². The lowest BCUT2D eigenvalue weighted by atomic mass is 10.3. The number of pyridine rings is 1. The fourth-order valence-corrected chi connectivity index (χ4v) is 1.59. The lowest BCUT2D eigenvalue weighted by Crippen LogP contribution is -2.32. The van der Waals surface area contributed by atoms with Crippen molar-refractivity contribution in [2.75, 3.05) is 6.54 Å². The lowest BCUT2D eigenvalue weighted by molar-refractivity contribution is -0.363. The average Bonchev–Trinajstić information content (AvgIpc) is 2.63. The van der Waals surface area contributed by atoms with Crippen molar-refractivity contribution in [3.8, 4) is 0 Å². The lowest BCUT2D eigenvalue weighted by Gasteiger charge is -2.11. The van der Waals surface area contributed by atoms with Gasteiger partial charge >= 0.3 is 5.96 Å². The second-order valence-electron chi connectivity index (χ2n) is 3.46. The number of hydrogen-bond donors (Lipinski definition) is 1. The van der Waals surface area contributed by atoms with Crippen LogP contribution in [0.1, 0.15) is 5.56 Å². The molecule has 1 N–H and O–H groups in total. The average molecular weight is 254 g/mol. The predicted octanol–water partition coefficient (Wildman–Crippen LogP) is 1.16. The first kappa shape index (κ1) is 11.5. The molecule has 2 heterocycles. The van der Waals surface area contributed by atoms with E-state index < -0.39 is 4.92 Å². The molecule has 0 bridgehead atoms. The molecule has 0 fully saturated rings. The molecule has 0 unspecified atom stereocenters. The molecule has 0 amide bonds. The van der Waals surface area contributed by atoms with Gasteiger partial charge in [0.05, 0.1) is 6.54 Å². The van der Waals surface area contributed by atoms with Gasteiger partial charge in [0.15, 0.2) is 0 Å². The first-order valence-electron chi connectivity index (χ1n) is 4.72. The molecular weight excluding hydrogens is 246 g/mol. The summed E-state index contributed by atoms with van der Waals surface area (Å²) in [6.07, 6.45) is 1.54. The number of amidine groups is 1. The fraction of sp³-hybridized carbons (Fsp3) is 0.222. The second-order valence-corrected chi connectivity index (χ2v) is 3.85. The second kappa shape index (κ2) is 4.46. The summed E-state index contributed by atoms with van der Waals surface area (Å²) in [5, 5.41) is 18.4. The topological polar surface area (TPSA) is 95.5 Å². The number of nitrogens with one attached hydrogen (secondary N) is 1. The number of halogens is 1. The summed E-state index contributed by atoms with van der Waals surface area (Å²) in [6.45, 7) is 0.422. The van der Waals surface area contributed by atoms with Gasteiger partial charge in [-0.2, -0.15) is 0 Å². The molecule has 0 aliphatic carbocycles. The van der Waals surface area contributed by atoms with Crippen molar-refractivity contribution in [1.82, 2.24) is 9.88 Å². The molecule has 8 heteroatoms. The van der Waals surface area contributed by atoms with E-state index in [1.54, 1.807) is 18.3 Å². The maximum Gasteiger partial charge on any atom is 0.432 e. The number of rotatable bonds is 2. The van der Waals surface area contributed by atoms with Crippen LogP contribution >= 0.6 is 11.6 Å². The highest BCUT2D eigenvalue weighted by Crippen LogP contribution is 2.12. The highest BCUT2D eigenvalue weighted by atomic mass is 35.5. The standard InChI is InChI=1S/C9H8ClN5O2/c10-7-2-1-6(3-12-7)4-14-5-8(11)13-9(14)15(16)17/h1-3,11H,4-5H2. The van der Waals surface area contributed by atoms with E-state index >= 15 is 0 Å². The van der Waals surface area contributed by atoms with Gasteiger partial charge in [-0.05, 0) is 11.0 Å². The summed E-state index contributed by atoms with van der Waals surface area (Å²) in [5.41, 5.74) is 0.777. The molecule has 1 aromatic rings. The van der Waals surface area contributed by atoms with Gasteiger partial charge in [0.25, 0.3) is 0 Å². The van der Waals surface area contributed by atoms with Gasteiger partial charge in [0, 0.05) is 11.8 Å². The molecule has 17 heavy (non-hydrogen) atoms. The van der Waals surface area contributed by atoms with Crippen LogP contribution in [0.15, 0.2) is 23.3 Å².